The van der Waals surface area contributed by atoms with E-state index in [0.29, 0.717) is 6.04 Å². The summed E-state index contributed by atoms with van der Waals surface area (Å²) in [4.78, 5) is 4.58. The Morgan fingerprint density at radius 3 is 2.89 bits per heavy atom. The van der Waals surface area contributed by atoms with Crippen LogP contribution in [-0.4, -0.2) is 43.3 Å². The largest absolute Gasteiger partial charge is 0.392 e. The molecule has 1 unspecified atom stereocenters. The SMILES string of the molecule is CC[C@@H](O)CN1CCCC1c1cccc(N(C)C)c1. The summed E-state index contributed by atoms with van der Waals surface area (Å²) >= 11 is 0. The van der Waals surface area contributed by atoms with Gasteiger partial charge in [-0.1, -0.05) is 19.1 Å². The smallest absolute Gasteiger partial charge is 0.0664 e. The summed E-state index contributed by atoms with van der Waals surface area (Å²) in [6.45, 7) is 3.95. The van der Waals surface area contributed by atoms with Gasteiger partial charge in [-0.05, 0) is 43.5 Å². The Kier molecular flexibility index (Phi) is 4.83. The van der Waals surface area contributed by atoms with Crippen molar-refractivity contribution in [1.29, 1.82) is 0 Å². The molecular weight excluding hydrogens is 236 g/mol. The molecule has 0 saturated carbocycles. The van der Waals surface area contributed by atoms with Gasteiger partial charge in [0.25, 0.3) is 0 Å². The van der Waals surface area contributed by atoms with E-state index in [1.165, 1.54) is 24.1 Å². The molecule has 1 N–H and O–H groups in total. The summed E-state index contributed by atoms with van der Waals surface area (Å²) in [5, 5.41) is 9.88. The number of β-amino-alcohol motifs (C(OH)–C–C–N with tert-alkyl or cyclic N) is 1. The highest BCUT2D eigenvalue weighted by Crippen LogP contribution is 2.33. The van der Waals surface area contributed by atoms with Gasteiger partial charge in [-0.3, -0.25) is 4.90 Å². The van der Waals surface area contributed by atoms with Crippen LogP contribution in [0.25, 0.3) is 0 Å². The van der Waals surface area contributed by atoms with E-state index in [1.807, 2.05) is 6.92 Å². The van der Waals surface area contributed by atoms with Gasteiger partial charge in [0.05, 0.1) is 6.10 Å². The fourth-order valence-corrected chi connectivity index (χ4v) is 2.83. The van der Waals surface area contributed by atoms with Crippen molar-refractivity contribution in [3.8, 4) is 0 Å². The number of hydrogen-bond donors (Lipinski definition) is 1. The lowest BCUT2D eigenvalue weighted by molar-refractivity contribution is 0.103. The second-order valence-electron chi connectivity index (χ2n) is 5.70. The molecular formula is C16H26N2O. The Labute approximate surface area is 116 Å². The molecule has 1 aliphatic heterocycles. The molecule has 2 atom stereocenters. The molecule has 2 rings (SSSR count). The monoisotopic (exact) mass is 262 g/mol. The maximum atomic E-state index is 9.88. The molecule has 1 fully saturated rings. The molecule has 0 spiro atoms. The van der Waals surface area contributed by atoms with Gasteiger partial charge in [0.15, 0.2) is 0 Å². The summed E-state index contributed by atoms with van der Waals surface area (Å²) < 4.78 is 0. The minimum absolute atomic E-state index is 0.197. The Balaban J connectivity index is 2.13. The zero-order valence-corrected chi connectivity index (χ0v) is 12.3. The quantitative estimate of drug-likeness (QED) is 0.884. The van der Waals surface area contributed by atoms with Gasteiger partial charge in [-0.25, -0.2) is 0 Å². The highest BCUT2D eigenvalue weighted by molar-refractivity contribution is 5.48. The third-order valence-corrected chi connectivity index (χ3v) is 4.05. The van der Waals surface area contributed by atoms with Crippen LogP contribution < -0.4 is 4.90 Å². The first kappa shape index (κ1) is 14.4. The number of nitrogens with zero attached hydrogens (tertiary/aromatic N) is 2. The van der Waals surface area contributed by atoms with Crippen molar-refractivity contribution >= 4 is 5.69 Å². The van der Waals surface area contributed by atoms with Crippen molar-refractivity contribution in [2.75, 3.05) is 32.1 Å². The normalized spacial score (nSPS) is 21.6. The first-order valence-electron chi connectivity index (χ1n) is 7.31. The van der Waals surface area contributed by atoms with E-state index in [4.69, 9.17) is 0 Å². The van der Waals surface area contributed by atoms with Crippen molar-refractivity contribution in [2.45, 2.75) is 38.3 Å². The van der Waals surface area contributed by atoms with Crippen LogP contribution in [0.15, 0.2) is 24.3 Å². The van der Waals surface area contributed by atoms with Crippen LogP contribution in [0.3, 0.4) is 0 Å². The zero-order valence-electron chi connectivity index (χ0n) is 12.3. The van der Waals surface area contributed by atoms with Gasteiger partial charge in [0.2, 0.25) is 0 Å². The van der Waals surface area contributed by atoms with E-state index < -0.39 is 0 Å². The fraction of sp³-hybridized carbons (Fsp3) is 0.625. The second-order valence-corrected chi connectivity index (χ2v) is 5.70. The molecule has 3 nitrogen and oxygen atoms in total. The molecule has 19 heavy (non-hydrogen) atoms. The molecule has 0 aliphatic carbocycles. The van der Waals surface area contributed by atoms with Gasteiger partial charge in [-0.2, -0.15) is 0 Å². The van der Waals surface area contributed by atoms with E-state index in [2.05, 4.69) is 48.2 Å². The topological polar surface area (TPSA) is 26.7 Å². The molecule has 106 valence electrons. The molecule has 3 heteroatoms. The molecule has 0 amide bonds. The Morgan fingerprint density at radius 1 is 1.42 bits per heavy atom. The van der Waals surface area contributed by atoms with Crippen LogP contribution in [0.2, 0.25) is 0 Å². The molecule has 1 heterocycles. The van der Waals surface area contributed by atoms with Gasteiger partial charge in [-0.15, -0.1) is 0 Å². The summed E-state index contributed by atoms with van der Waals surface area (Å²) in [5.74, 6) is 0. The number of rotatable bonds is 5. The predicted octanol–water partition coefficient (Wildman–Crippen LogP) is 2.66. The van der Waals surface area contributed by atoms with E-state index >= 15 is 0 Å². The fourth-order valence-electron chi connectivity index (χ4n) is 2.83. The predicted molar refractivity (Wildman–Crippen MR) is 80.6 cm³/mol. The van der Waals surface area contributed by atoms with Crippen LogP contribution in [0.4, 0.5) is 5.69 Å². The maximum absolute atomic E-state index is 9.88. The lowest BCUT2D eigenvalue weighted by Crippen LogP contribution is -2.31. The summed E-state index contributed by atoms with van der Waals surface area (Å²) in [6.07, 6.45) is 3.07. The van der Waals surface area contributed by atoms with Crippen LogP contribution in [-0.2, 0) is 0 Å². The van der Waals surface area contributed by atoms with Gasteiger partial charge in [0.1, 0.15) is 0 Å². The second kappa shape index (κ2) is 6.40. The first-order chi connectivity index (χ1) is 9.11. The highest BCUT2D eigenvalue weighted by Gasteiger charge is 2.27. The van der Waals surface area contributed by atoms with Crippen molar-refractivity contribution in [3.63, 3.8) is 0 Å². The van der Waals surface area contributed by atoms with E-state index in [-0.39, 0.29) is 6.10 Å². The van der Waals surface area contributed by atoms with Crippen molar-refractivity contribution in [2.24, 2.45) is 0 Å². The number of aliphatic hydroxyl groups is 1. The van der Waals surface area contributed by atoms with Crippen molar-refractivity contribution in [1.82, 2.24) is 4.90 Å². The minimum atomic E-state index is -0.197. The summed E-state index contributed by atoms with van der Waals surface area (Å²) in [5.41, 5.74) is 2.63. The number of benzene rings is 1. The van der Waals surface area contributed by atoms with Crippen LogP contribution in [0.5, 0.6) is 0 Å². The third-order valence-electron chi connectivity index (χ3n) is 4.05. The zero-order chi connectivity index (χ0) is 13.8. The minimum Gasteiger partial charge on any atom is -0.392 e. The average molecular weight is 262 g/mol. The van der Waals surface area contributed by atoms with Gasteiger partial charge >= 0.3 is 0 Å². The maximum Gasteiger partial charge on any atom is 0.0664 e. The first-order valence-corrected chi connectivity index (χ1v) is 7.31. The lowest BCUT2D eigenvalue weighted by Gasteiger charge is -2.27. The Bertz CT molecular complexity index is 405. The average Bonchev–Trinajstić information content (AvgIpc) is 2.86. The molecule has 0 aromatic heterocycles. The number of likely N-dealkylation sites (tertiary alicyclic amines) is 1. The van der Waals surface area contributed by atoms with Crippen LogP contribution in [0, 0.1) is 0 Å². The van der Waals surface area contributed by atoms with Gasteiger partial charge in [0, 0.05) is 32.4 Å². The van der Waals surface area contributed by atoms with Crippen molar-refractivity contribution < 1.29 is 5.11 Å². The number of anilines is 1. The summed E-state index contributed by atoms with van der Waals surface area (Å²) in [6, 6.07) is 9.25. The molecule has 1 saturated heterocycles. The Hall–Kier alpha value is -1.06. The number of hydrogen-bond acceptors (Lipinski definition) is 3. The standard InChI is InChI=1S/C16H26N2O/c1-4-15(19)12-18-10-6-9-16(18)13-7-5-8-14(11-13)17(2)3/h5,7-8,11,15-16,19H,4,6,9-10,12H2,1-3H3/t15-,16?/m1/s1. The highest BCUT2D eigenvalue weighted by atomic mass is 16.3. The van der Waals surface area contributed by atoms with Gasteiger partial charge < -0.3 is 10.0 Å². The van der Waals surface area contributed by atoms with E-state index in [0.717, 1.165) is 19.5 Å². The van der Waals surface area contributed by atoms with Crippen LogP contribution in [0.1, 0.15) is 37.8 Å². The summed E-state index contributed by atoms with van der Waals surface area (Å²) in [7, 11) is 4.15. The molecule has 0 bridgehead atoms. The third kappa shape index (κ3) is 3.48. The Morgan fingerprint density at radius 2 is 2.21 bits per heavy atom. The lowest BCUT2D eigenvalue weighted by atomic mass is 10.0. The molecule has 1 aliphatic rings. The van der Waals surface area contributed by atoms with E-state index in [9.17, 15) is 5.11 Å². The van der Waals surface area contributed by atoms with E-state index in [1.54, 1.807) is 0 Å². The van der Waals surface area contributed by atoms with Crippen LogP contribution >= 0.6 is 0 Å². The molecule has 0 radical (unpaired) electrons. The van der Waals surface area contributed by atoms with Crippen molar-refractivity contribution in [3.05, 3.63) is 29.8 Å². The molecule has 1 aromatic carbocycles. The number of aliphatic hydroxyl groups excluding tert-OH is 1. The molecule has 1 aromatic rings.